The first-order chi connectivity index (χ1) is 6.15. The minimum atomic E-state index is -0.120. The molecule has 1 aliphatic heterocycles. The van der Waals surface area contributed by atoms with Crippen molar-refractivity contribution in [2.45, 2.75) is 25.8 Å². The topological polar surface area (TPSA) is 29.5 Å². The third-order valence-electron chi connectivity index (χ3n) is 2.39. The minimum absolute atomic E-state index is 0.110. The summed E-state index contributed by atoms with van der Waals surface area (Å²) in [5.41, 5.74) is 1.15. The second-order valence-corrected chi connectivity index (χ2v) is 3.45. The molecule has 13 heavy (non-hydrogen) atoms. The van der Waals surface area contributed by atoms with Crippen molar-refractivity contribution in [1.82, 2.24) is 4.90 Å². The van der Waals surface area contributed by atoms with E-state index in [4.69, 9.17) is 4.74 Å². The van der Waals surface area contributed by atoms with Crippen LogP contribution in [0.1, 0.15) is 19.8 Å². The first-order valence-electron chi connectivity index (χ1n) is 4.68. The number of ether oxygens (including phenoxy) is 1. The molecule has 1 rings (SSSR count). The van der Waals surface area contributed by atoms with Crippen molar-refractivity contribution in [1.29, 1.82) is 0 Å². The fourth-order valence-electron chi connectivity index (χ4n) is 1.52. The molecular weight excluding hydrogens is 166 g/mol. The van der Waals surface area contributed by atoms with Gasteiger partial charge in [0.25, 0.3) is 0 Å². The molecule has 1 saturated heterocycles. The van der Waals surface area contributed by atoms with Crippen LogP contribution in [0, 0.1) is 0 Å². The molecule has 0 unspecified atom stereocenters. The molecule has 0 aromatic carbocycles. The van der Waals surface area contributed by atoms with Gasteiger partial charge in [-0.3, -0.25) is 9.69 Å². The number of rotatable bonds is 2. The maximum absolute atomic E-state index is 11.4. The molecule has 0 bridgehead atoms. The van der Waals surface area contributed by atoms with Crippen molar-refractivity contribution in [2.75, 3.05) is 20.2 Å². The van der Waals surface area contributed by atoms with E-state index in [-0.39, 0.29) is 12.0 Å². The van der Waals surface area contributed by atoms with Crippen LogP contribution >= 0.6 is 0 Å². The highest BCUT2D eigenvalue weighted by Gasteiger charge is 2.28. The zero-order valence-corrected chi connectivity index (χ0v) is 8.38. The van der Waals surface area contributed by atoms with Crippen LogP contribution in [0.3, 0.4) is 0 Å². The van der Waals surface area contributed by atoms with E-state index in [1.807, 2.05) is 18.9 Å². The molecule has 1 heterocycles. The van der Waals surface area contributed by atoms with E-state index in [0.717, 1.165) is 25.0 Å². The maximum Gasteiger partial charge on any atom is 0.323 e. The van der Waals surface area contributed by atoms with Crippen molar-refractivity contribution in [3.63, 3.8) is 0 Å². The molecule has 0 amide bonds. The van der Waals surface area contributed by atoms with Gasteiger partial charge >= 0.3 is 5.97 Å². The molecule has 0 radical (unpaired) electrons. The van der Waals surface area contributed by atoms with Gasteiger partial charge in [-0.05, 0) is 26.8 Å². The van der Waals surface area contributed by atoms with Gasteiger partial charge in [0.15, 0.2) is 0 Å². The largest absolute Gasteiger partial charge is 0.465 e. The Morgan fingerprint density at radius 1 is 1.77 bits per heavy atom. The summed E-state index contributed by atoms with van der Waals surface area (Å²) in [7, 11) is 1.95. The van der Waals surface area contributed by atoms with E-state index in [1.165, 1.54) is 0 Å². The van der Waals surface area contributed by atoms with E-state index in [2.05, 4.69) is 6.58 Å². The predicted octanol–water partition coefficient (Wildman–Crippen LogP) is 1.20. The Kier molecular flexibility index (Phi) is 3.48. The monoisotopic (exact) mass is 183 g/mol. The Morgan fingerprint density at radius 3 is 3.08 bits per heavy atom. The van der Waals surface area contributed by atoms with Crippen molar-refractivity contribution in [3.8, 4) is 0 Å². The van der Waals surface area contributed by atoms with E-state index >= 15 is 0 Å². The number of hydrogen-bond acceptors (Lipinski definition) is 3. The van der Waals surface area contributed by atoms with Crippen LogP contribution in [-0.4, -0.2) is 37.1 Å². The standard InChI is InChI=1S/C10H17NO2/c1-4-13-10(12)9-7-8(2)5-6-11(9)3/h9H,2,4-7H2,1,3H3/t9-/m0/s1. The lowest BCUT2D eigenvalue weighted by molar-refractivity contribution is -0.149. The van der Waals surface area contributed by atoms with Gasteiger partial charge in [-0.25, -0.2) is 0 Å². The summed E-state index contributed by atoms with van der Waals surface area (Å²) in [6.07, 6.45) is 1.74. The molecule has 0 aromatic rings. The first-order valence-corrected chi connectivity index (χ1v) is 4.68. The molecule has 3 heteroatoms. The zero-order chi connectivity index (χ0) is 9.84. The average Bonchev–Trinajstić information content (AvgIpc) is 2.09. The zero-order valence-electron chi connectivity index (χ0n) is 8.38. The minimum Gasteiger partial charge on any atom is -0.465 e. The van der Waals surface area contributed by atoms with Crippen LogP contribution in [0.15, 0.2) is 12.2 Å². The number of likely N-dealkylation sites (tertiary alicyclic amines) is 1. The van der Waals surface area contributed by atoms with Gasteiger partial charge in [-0.1, -0.05) is 12.2 Å². The Balaban J connectivity index is 2.54. The van der Waals surface area contributed by atoms with Gasteiger partial charge < -0.3 is 4.74 Å². The molecule has 74 valence electrons. The number of hydrogen-bond donors (Lipinski definition) is 0. The summed E-state index contributed by atoms with van der Waals surface area (Å²) < 4.78 is 4.98. The quantitative estimate of drug-likeness (QED) is 0.476. The number of esters is 1. The summed E-state index contributed by atoms with van der Waals surface area (Å²) in [5, 5.41) is 0. The molecule has 3 nitrogen and oxygen atoms in total. The fourth-order valence-corrected chi connectivity index (χ4v) is 1.52. The molecule has 0 aliphatic carbocycles. The van der Waals surface area contributed by atoms with Crippen LogP contribution in [0.4, 0.5) is 0 Å². The van der Waals surface area contributed by atoms with E-state index in [0.29, 0.717) is 6.61 Å². The molecule has 1 aliphatic rings. The Labute approximate surface area is 79.4 Å². The van der Waals surface area contributed by atoms with Crippen LogP contribution < -0.4 is 0 Å². The smallest absolute Gasteiger partial charge is 0.323 e. The second-order valence-electron chi connectivity index (χ2n) is 3.45. The predicted molar refractivity (Wildman–Crippen MR) is 51.4 cm³/mol. The number of nitrogens with zero attached hydrogens (tertiary/aromatic N) is 1. The first kappa shape index (κ1) is 10.3. The number of piperidine rings is 1. The molecule has 0 aromatic heterocycles. The van der Waals surface area contributed by atoms with Gasteiger partial charge in [0, 0.05) is 6.54 Å². The Bertz CT molecular complexity index is 213. The van der Waals surface area contributed by atoms with Crippen LogP contribution in [0.25, 0.3) is 0 Å². The lowest BCUT2D eigenvalue weighted by Gasteiger charge is -2.31. The Hall–Kier alpha value is -0.830. The molecule has 1 fully saturated rings. The summed E-state index contributed by atoms with van der Waals surface area (Å²) >= 11 is 0. The van der Waals surface area contributed by atoms with Crippen molar-refractivity contribution >= 4 is 5.97 Å². The lowest BCUT2D eigenvalue weighted by Crippen LogP contribution is -2.43. The van der Waals surface area contributed by atoms with Gasteiger partial charge in [0.1, 0.15) is 6.04 Å². The van der Waals surface area contributed by atoms with Crippen molar-refractivity contribution < 1.29 is 9.53 Å². The SMILES string of the molecule is C=C1CCN(C)[C@H](C(=O)OCC)C1. The Morgan fingerprint density at radius 2 is 2.46 bits per heavy atom. The molecule has 0 spiro atoms. The van der Waals surface area contributed by atoms with Crippen LogP contribution in [0.2, 0.25) is 0 Å². The van der Waals surface area contributed by atoms with E-state index in [9.17, 15) is 4.79 Å². The fraction of sp³-hybridized carbons (Fsp3) is 0.700. The number of likely N-dealkylation sites (N-methyl/N-ethyl adjacent to an activating group) is 1. The summed E-state index contributed by atoms with van der Waals surface area (Å²) in [6.45, 7) is 7.09. The van der Waals surface area contributed by atoms with Crippen molar-refractivity contribution in [3.05, 3.63) is 12.2 Å². The highest BCUT2D eigenvalue weighted by atomic mass is 16.5. The van der Waals surface area contributed by atoms with E-state index < -0.39 is 0 Å². The molecule has 0 N–H and O–H groups in total. The van der Waals surface area contributed by atoms with Gasteiger partial charge in [-0.15, -0.1) is 0 Å². The maximum atomic E-state index is 11.4. The lowest BCUT2D eigenvalue weighted by atomic mass is 9.99. The number of carbonyl (C=O) groups excluding carboxylic acids is 1. The van der Waals surface area contributed by atoms with Crippen LogP contribution in [0.5, 0.6) is 0 Å². The summed E-state index contributed by atoms with van der Waals surface area (Å²) in [5.74, 6) is -0.120. The number of carbonyl (C=O) groups is 1. The normalized spacial score (nSPS) is 24.5. The highest BCUT2D eigenvalue weighted by Crippen LogP contribution is 2.19. The second kappa shape index (κ2) is 4.42. The third kappa shape index (κ3) is 2.56. The van der Waals surface area contributed by atoms with E-state index in [1.54, 1.807) is 0 Å². The summed E-state index contributed by atoms with van der Waals surface area (Å²) in [4.78, 5) is 13.5. The highest BCUT2D eigenvalue weighted by molar-refractivity contribution is 5.76. The molecule has 0 saturated carbocycles. The summed E-state index contributed by atoms with van der Waals surface area (Å²) in [6, 6.07) is -0.110. The molecular formula is C10H17NO2. The third-order valence-corrected chi connectivity index (χ3v) is 2.39. The van der Waals surface area contributed by atoms with Gasteiger partial charge in [0.2, 0.25) is 0 Å². The van der Waals surface area contributed by atoms with Gasteiger partial charge in [-0.2, -0.15) is 0 Å². The molecule has 1 atom stereocenters. The van der Waals surface area contributed by atoms with Gasteiger partial charge in [0.05, 0.1) is 6.61 Å². The average molecular weight is 183 g/mol. The van der Waals surface area contributed by atoms with Crippen molar-refractivity contribution in [2.24, 2.45) is 0 Å². The van der Waals surface area contributed by atoms with Crippen LogP contribution in [-0.2, 0) is 9.53 Å².